The van der Waals surface area contributed by atoms with Gasteiger partial charge in [0.1, 0.15) is 11.9 Å². The van der Waals surface area contributed by atoms with Gasteiger partial charge in [-0.3, -0.25) is 9.52 Å². The molecule has 0 aliphatic carbocycles. The van der Waals surface area contributed by atoms with Crippen LogP contribution in [0.3, 0.4) is 0 Å². The Kier molecular flexibility index (Phi) is 6.05. The second-order valence-electron chi connectivity index (χ2n) is 6.69. The fourth-order valence-electron chi connectivity index (χ4n) is 2.77. The number of aliphatic hydroxyl groups excluding tert-OH is 1. The summed E-state index contributed by atoms with van der Waals surface area (Å²) in [5, 5.41) is 12.5. The summed E-state index contributed by atoms with van der Waals surface area (Å²) in [6.45, 7) is 3.56. The molecule has 1 unspecified atom stereocenters. The Hall–Kier alpha value is -3.10. The van der Waals surface area contributed by atoms with Crippen molar-refractivity contribution >= 4 is 21.6 Å². The second kappa shape index (κ2) is 8.50. The Morgan fingerprint density at radius 3 is 2.48 bits per heavy atom. The van der Waals surface area contributed by atoms with Crippen LogP contribution in [-0.2, 0) is 10.0 Å². The van der Waals surface area contributed by atoms with Crippen molar-refractivity contribution in [1.29, 1.82) is 0 Å². The van der Waals surface area contributed by atoms with Crippen LogP contribution in [0, 0.1) is 13.8 Å². The Bertz CT molecular complexity index is 1090. The predicted molar refractivity (Wildman–Crippen MR) is 109 cm³/mol. The van der Waals surface area contributed by atoms with Gasteiger partial charge in [-0.05, 0) is 67.4 Å². The summed E-state index contributed by atoms with van der Waals surface area (Å²) in [5.74, 6) is -0.0268. The smallest absolute Gasteiger partial charge is 0.262 e. The van der Waals surface area contributed by atoms with Crippen molar-refractivity contribution in [2.75, 3.05) is 11.3 Å². The molecule has 1 atom stereocenters. The van der Waals surface area contributed by atoms with E-state index in [0.717, 1.165) is 5.56 Å². The first kappa shape index (κ1) is 20.6. The minimum Gasteiger partial charge on any atom is -0.467 e. The molecular weight excluding hydrogens is 392 g/mol. The molecule has 0 bridgehead atoms. The van der Waals surface area contributed by atoms with E-state index in [1.165, 1.54) is 30.5 Å². The Labute approximate surface area is 169 Å². The monoisotopic (exact) mass is 414 g/mol. The molecule has 3 rings (SSSR count). The van der Waals surface area contributed by atoms with E-state index in [4.69, 9.17) is 4.42 Å². The maximum absolute atomic E-state index is 12.7. The molecule has 1 amide bonds. The van der Waals surface area contributed by atoms with Gasteiger partial charge in [0.25, 0.3) is 15.9 Å². The lowest BCUT2D eigenvalue weighted by Crippen LogP contribution is -2.28. The van der Waals surface area contributed by atoms with Crippen LogP contribution in [0.2, 0.25) is 0 Å². The van der Waals surface area contributed by atoms with Crippen molar-refractivity contribution < 1.29 is 22.7 Å². The number of hydrogen-bond acceptors (Lipinski definition) is 5. The summed E-state index contributed by atoms with van der Waals surface area (Å²) in [6, 6.07) is 14.5. The van der Waals surface area contributed by atoms with E-state index in [1.807, 2.05) is 13.0 Å². The first-order valence-electron chi connectivity index (χ1n) is 8.96. The number of benzene rings is 2. The molecule has 1 heterocycles. The molecule has 0 fully saturated rings. The van der Waals surface area contributed by atoms with Crippen molar-refractivity contribution in [2.24, 2.45) is 0 Å². The third-order valence-electron chi connectivity index (χ3n) is 4.36. The minimum atomic E-state index is -3.74. The first-order chi connectivity index (χ1) is 13.8. The van der Waals surface area contributed by atoms with Crippen LogP contribution in [-0.4, -0.2) is 26.0 Å². The fraction of sp³-hybridized carbons (Fsp3) is 0.190. The number of carbonyl (C=O) groups is 1. The highest BCUT2D eigenvalue weighted by Crippen LogP contribution is 2.21. The molecule has 0 saturated carbocycles. The van der Waals surface area contributed by atoms with Crippen molar-refractivity contribution in [2.45, 2.75) is 24.8 Å². The van der Waals surface area contributed by atoms with Crippen LogP contribution >= 0.6 is 0 Å². The highest BCUT2D eigenvalue weighted by molar-refractivity contribution is 7.92. The number of rotatable bonds is 7. The summed E-state index contributed by atoms with van der Waals surface area (Å²) in [5.41, 5.74) is 2.18. The van der Waals surface area contributed by atoms with Crippen LogP contribution < -0.4 is 10.0 Å². The molecule has 1 aromatic heterocycles. The molecule has 0 aliphatic rings. The number of furan rings is 1. The van der Waals surface area contributed by atoms with Gasteiger partial charge >= 0.3 is 0 Å². The van der Waals surface area contributed by atoms with Gasteiger partial charge in [-0.15, -0.1) is 0 Å². The molecule has 0 saturated heterocycles. The lowest BCUT2D eigenvalue weighted by Gasteiger charge is -2.12. The largest absolute Gasteiger partial charge is 0.467 e. The van der Waals surface area contributed by atoms with Gasteiger partial charge in [0, 0.05) is 11.3 Å². The fourth-order valence-corrected chi connectivity index (χ4v) is 4.16. The van der Waals surface area contributed by atoms with Crippen LogP contribution in [0.15, 0.2) is 70.2 Å². The number of sulfonamides is 1. The van der Waals surface area contributed by atoms with Gasteiger partial charge < -0.3 is 14.8 Å². The van der Waals surface area contributed by atoms with Crippen molar-refractivity contribution in [1.82, 2.24) is 5.32 Å². The average Bonchev–Trinajstić information content (AvgIpc) is 3.23. The van der Waals surface area contributed by atoms with E-state index in [0.29, 0.717) is 22.6 Å². The second-order valence-corrected chi connectivity index (χ2v) is 8.34. The molecule has 2 aromatic carbocycles. The Morgan fingerprint density at radius 1 is 1.10 bits per heavy atom. The average molecular weight is 414 g/mol. The summed E-state index contributed by atoms with van der Waals surface area (Å²) in [6.07, 6.45) is 0.496. The SMILES string of the molecule is Cc1ccc(C)c(S(=O)(=O)Nc2ccc(C(=O)NCC(O)c3ccco3)cc2)c1. The molecule has 8 heteroatoms. The highest BCUT2D eigenvalue weighted by Gasteiger charge is 2.18. The molecule has 0 radical (unpaired) electrons. The third-order valence-corrected chi connectivity index (χ3v) is 5.88. The van der Waals surface area contributed by atoms with Crippen molar-refractivity contribution in [3.05, 3.63) is 83.3 Å². The molecule has 0 spiro atoms. The third kappa shape index (κ3) is 5.04. The molecule has 3 N–H and O–H groups in total. The van der Waals surface area contributed by atoms with Crippen LogP contribution in [0.1, 0.15) is 33.3 Å². The number of carbonyl (C=O) groups excluding carboxylic acids is 1. The number of anilines is 1. The van der Waals surface area contributed by atoms with Gasteiger partial charge in [-0.2, -0.15) is 0 Å². The van der Waals surface area contributed by atoms with E-state index in [9.17, 15) is 18.3 Å². The van der Waals surface area contributed by atoms with Gasteiger partial charge in [-0.25, -0.2) is 8.42 Å². The molecular formula is C21H22N2O5S. The van der Waals surface area contributed by atoms with E-state index in [1.54, 1.807) is 31.2 Å². The number of aryl methyl sites for hydroxylation is 2. The summed E-state index contributed by atoms with van der Waals surface area (Å²) >= 11 is 0. The Morgan fingerprint density at radius 2 is 1.83 bits per heavy atom. The molecule has 3 aromatic rings. The van der Waals surface area contributed by atoms with Gasteiger partial charge in [-0.1, -0.05) is 12.1 Å². The van der Waals surface area contributed by atoms with Gasteiger partial charge in [0.2, 0.25) is 0 Å². The molecule has 29 heavy (non-hydrogen) atoms. The van der Waals surface area contributed by atoms with Crippen molar-refractivity contribution in [3.63, 3.8) is 0 Å². The number of amides is 1. The zero-order valence-electron chi connectivity index (χ0n) is 16.0. The zero-order valence-corrected chi connectivity index (χ0v) is 16.9. The van der Waals surface area contributed by atoms with E-state index >= 15 is 0 Å². The molecule has 7 nitrogen and oxygen atoms in total. The maximum atomic E-state index is 12.7. The highest BCUT2D eigenvalue weighted by atomic mass is 32.2. The minimum absolute atomic E-state index is 0.00658. The lowest BCUT2D eigenvalue weighted by molar-refractivity contribution is 0.0901. The van der Waals surface area contributed by atoms with Gasteiger partial charge in [0.05, 0.1) is 17.7 Å². The summed E-state index contributed by atoms with van der Waals surface area (Å²) in [7, 11) is -3.74. The van der Waals surface area contributed by atoms with E-state index < -0.39 is 16.1 Å². The maximum Gasteiger partial charge on any atom is 0.262 e. The summed E-state index contributed by atoms with van der Waals surface area (Å²) in [4.78, 5) is 12.4. The van der Waals surface area contributed by atoms with Crippen molar-refractivity contribution in [3.8, 4) is 0 Å². The number of hydrogen-bond donors (Lipinski definition) is 3. The van der Waals surface area contributed by atoms with Crippen LogP contribution in [0.5, 0.6) is 0 Å². The molecule has 0 aliphatic heterocycles. The van der Waals surface area contributed by atoms with Crippen LogP contribution in [0.4, 0.5) is 5.69 Å². The molecule has 152 valence electrons. The normalized spacial score (nSPS) is 12.4. The van der Waals surface area contributed by atoms with E-state index in [2.05, 4.69) is 10.0 Å². The quantitative estimate of drug-likeness (QED) is 0.550. The topological polar surface area (TPSA) is 109 Å². The van der Waals surface area contributed by atoms with Gasteiger partial charge in [0.15, 0.2) is 0 Å². The summed E-state index contributed by atoms with van der Waals surface area (Å²) < 4.78 is 32.9. The first-order valence-corrected chi connectivity index (χ1v) is 10.4. The zero-order chi connectivity index (χ0) is 21.0. The standard InChI is InChI=1S/C21H22N2O5S/c1-14-5-6-15(2)20(12-14)29(26,27)23-17-9-7-16(8-10-17)21(25)22-13-18(24)19-4-3-11-28-19/h3-12,18,23-24H,13H2,1-2H3,(H,22,25). The lowest BCUT2D eigenvalue weighted by atomic mass is 10.2. The van der Waals surface area contributed by atoms with E-state index in [-0.39, 0.29) is 17.3 Å². The Balaban J connectivity index is 1.65. The number of nitrogens with one attached hydrogen (secondary N) is 2. The number of aliphatic hydroxyl groups is 1. The predicted octanol–water partition coefficient (Wildman–Crippen LogP) is 3.16. The van der Waals surface area contributed by atoms with Crippen LogP contribution in [0.25, 0.3) is 0 Å².